The predicted octanol–water partition coefficient (Wildman–Crippen LogP) is 2.26. The van der Waals surface area contributed by atoms with Crippen LogP contribution in [0.25, 0.3) is 0 Å². The van der Waals surface area contributed by atoms with Crippen molar-refractivity contribution in [1.29, 1.82) is 0 Å². The molecule has 162 valence electrons. The highest BCUT2D eigenvalue weighted by molar-refractivity contribution is 5.87. The third-order valence-corrected chi connectivity index (χ3v) is 6.62. The van der Waals surface area contributed by atoms with Gasteiger partial charge in [-0.1, -0.05) is 30.3 Å². The van der Waals surface area contributed by atoms with E-state index in [1.807, 2.05) is 30.3 Å². The van der Waals surface area contributed by atoms with Crippen LogP contribution in [0.5, 0.6) is 0 Å². The lowest BCUT2D eigenvalue weighted by Crippen LogP contribution is -2.53. The van der Waals surface area contributed by atoms with E-state index < -0.39 is 17.9 Å². The van der Waals surface area contributed by atoms with Crippen molar-refractivity contribution >= 4 is 24.3 Å². The van der Waals surface area contributed by atoms with Gasteiger partial charge in [0, 0.05) is 13.1 Å². The first-order chi connectivity index (χ1) is 13.5. The van der Waals surface area contributed by atoms with Crippen molar-refractivity contribution in [1.82, 2.24) is 9.80 Å². The molecular weight excluding hydrogens is 390 g/mol. The van der Waals surface area contributed by atoms with Gasteiger partial charge in [-0.15, -0.1) is 12.4 Å². The molecule has 2 saturated heterocycles. The lowest BCUT2D eigenvalue weighted by atomic mass is 9.78. The standard InChI is InChI=1S/C22H33N3O3.ClH/c1-24-11-7-17(8-12-24)18-9-13-25(14-10-18)21(26)20(23)19(22(27)28)15-16-5-3-2-4-6-16;/h2-6,17-20H,7-15,23H2,1H3,(H,27,28);1H/t19?,20-;/m1./s1. The first-order valence-electron chi connectivity index (χ1n) is 10.5. The maximum absolute atomic E-state index is 12.9. The number of nitrogens with zero attached hydrogens (tertiary/aromatic N) is 2. The molecule has 0 radical (unpaired) electrons. The van der Waals surface area contributed by atoms with Gasteiger partial charge in [-0.05, 0) is 69.6 Å². The van der Waals surface area contributed by atoms with Gasteiger partial charge in [0.2, 0.25) is 5.91 Å². The van der Waals surface area contributed by atoms with Crippen molar-refractivity contribution in [3.63, 3.8) is 0 Å². The van der Waals surface area contributed by atoms with E-state index >= 15 is 0 Å². The molecule has 1 amide bonds. The number of rotatable bonds is 6. The summed E-state index contributed by atoms with van der Waals surface area (Å²) in [5.41, 5.74) is 7.04. The summed E-state index contributed by atoms with van der Waals surface area (Å²) in [6.07, 6.45) is 4.77. The number of hydrogen-bond donors (Lipinski definition) is 2. The average molecular weight is 424 g/mol. The van der Waals surface area contributed by atoms with Gasteiger partial charge in [0.25, 0.3) is 0 Å². The van der Waals surface area contributed by atoms with Crippen molar-refractivity contribution in [3.8, 4) is 0 Å². The Morgan fingerprint density at radius 2 is 1.55 bits per heavy atom. The van der Waals surface area contributed by atoms with Crippen molar-refractivity contribution in [2.45, 2.75) is 38.1 Å². The SMILES string of the molecule is CN1CCC(C2CCN(C(=O)[C@H](N)C(Cc3ccccc3)C(=O)O)CC2)CC1.Cl. The molecule has 0 bridgehead atoms. The van der Waals surface area contributed by atoms with E-state index in [1.165, 1.54) is 12.8 Å². The molecule has 2 atom stereocenters. The Labute approximate surface area is 179 Å². The number of carboxylic acids is 1. The third kappa shape index (κ3) is 6.17. The van der Waals surface area contributed by atoms with Gasteiger partial charge in [-0.3, -0.25) is 9.59 Å². The van der Waals surface area contributed by atoms with Crippen LogP contribution in [0.15, 0.2) is 30.3 Å². The number of carbonyl (C=O) groups excluding carboxylic acids is 1. The predicted molar refractivity (Wildman–Crippen MR) is 116 cm³/mol. The largest absolute Gasteiger partial charge is 0.481 e. The van der Waals surface area contributed by atoms with E-state index in [0.29, 0.717) is 19.0 Å². The molecular formula is C22H34ClN3O3. The normalized spacial score (nSPS) is 21.2. The lowest BCUT2D eigenvalue weighted by molar-refractivity contribution is -0.147. The molecule has 2 heterocycles. The number of piperidine rings is 2. The maximum atomic E-state index is 12.9. The van der Waals surface area contributed by atoms with E-state index in [9.17, 15) is 14.7 Å². The summed E-state index contributed by atoms with van der Waals surface area (Å²) in [4.78, 5) is 28.8. The molecule has 1 unspecified atom stereocenters. The van der Waals surface area contributed by atoms with E-state index in [2.05, 4.69) is 11.9 Å². The van der Waals surface area contributed by atoms with Crippen LogP contribution in [0, 0.1) is 17.8 Å². The molecule has 29 heavy (non-hydrogen) atoms. The minimum atomic E-state index is -1.01. The molecule has 7 heteroatoms. The molecule has 2 aliphatic heterocycles. The number of benzene rings is 1. The number of likely N-dealkylation sites (tertiary alicyclic amines) is 2. The highest BCUT2D eigenvalue weighted by Crippen LogP contribution is 2.32. The molecule has 2 fully saturated rings. The Bertz CT molecular complexity index is 657. The number of aliphatic carboxylic acids is 1. The van der Waals surface area contributed by atoms with Gasteiger partial charge >= 0.3 is 5.97 Å². The van der Waals surface area contributed by atoms with Gasteiger partial charge in [0.1, 0.15) is 0 Å². The van der Waals surface area contributed by atoms with Crippen LogP contribution < -0.4 is 5.73 Å². The summed E-state index contributed by atoms with van der Waals surface area (Å²) >= 11 is 0. The molecule has 1 aromatic carbocycles. The molecule has 0 saturated carbocycles. The monoisotopic (exact) mass is 423 g/mol. The summed E-state index contributed by atoms with van der Waals surface area (Å²) in [6.45, 7) is 3.71. The molecule has 2 aliphatic rings. The number of amides is 1. The summed E-state index contributed by atoms with van der Waals surface area (Å²) < 4.78 is 0. The van der Waals surface area contributed by atoms with Crippen molar-refractivity contribution in [3.05, 3.63) is 35.9 Å². The first kappa shape index (κ1) is 23.6. The molecule has 0 aromatic heterocycles. The van der Waals surface area contributed by atoms with E-state index in [-0.39, 0.29) is 24.7 Å². The zero-order valence-corrected chi connectivity index (χ0v) is 18.0. The Kier molecular flexibility index (Phi) is 8.93. The van der Waals surface area contributed by atoms with E-state index in [0.717, 1.165) is 37.4 Å². The fourth-order valence-corrected chi connectivity index (χ4v) is 4.71. The van der Waals surface area contributed by atoms with Gasteiger partial charge in [0.15, 0.2) is 0 Å². The quantitative estimate of drug-likeness (QED) is 0.732. The Morgan fingerprint density at radius 3 is 2.07 bits per heavy atom. The highest BCUT2D eigenvalue weighted by Gasteiger charge is 2.36. The van der Waals surface area contributed by atoms with Crippen LogP contribution in [0.1, 0.15) is 31.2 Å². The zero-order valence-electron chi connectivity index (χ0n) is 17.2. The van der Waals surface area contributed by atoms with Crippen molar-refractivity contribution in [2.75, 3.05) is 33.2 Å². The molecule has 0 aliphatic carbocycles. The van der Waals surface area contributed by atoms with Gasteiger partial charge in [-0.25, -0.2) is 0 Å². The second kappa shape index (κ2) is 11.0. The van der Waals surface area contributed by atoms with Gasteiger partial charge in [-0.2, -0.15) is 0 Å². The lowest BCUT2D eigenvalue weighted by Gasteiger charge is -2.40. The number of carbonyl (C=O) groups is 2. The van der Waals surface area contributed by atoms with Crippen molar-refractivity contribution in [2.24, 2.45) is 23.5 Å². The van der Waals surface area contributed by atoms with E-state index in [4.69, 9.17) is 5.73 Å². The van der Waals surface area contributed by atoms with Gasteiger partial charge in [0.05, 0.1) is 12.0 Å². The smallest absolute Gasteiger partial charge is 0.308 e. The first-order valence-corrected chi connectivity index (χ1v) is 10.5. The number of nitrogens with two attached hydrogens (primary N) is 1. The molecule has 6 nitrogen and oxygen atoms in total. The average Bonchev–Trinajstić information content (AvgIpc) is 2.72. The molecule has 3 rings (SSSR count). The Hall–Kier alpha value is -1.63. The van der Waals surface area contributed by atoms with Crippen LogP contribution in [0.4, 0.5) is 0 Å². The molecule has 1 aromatic rings. The number of carboxylic acid groups (broad SMARTS) is 1. The molecule has 0 spiro atoms. The summed E-state index contributed by atoms with van der Waals surface area (Å²) in [5.74, 6) is -0.696. The van der Waals surface area contributed by atoms with E-state index in [1.54, 1.807) is 4.90 Å². The zero-order chi connectivity index (χ0) is 20.1. The second-order valence-corrected chi connectivity index (χ2v) is 8.46. The Balaban J connectivity index is 0.00000300. The van der Waals surface area contributed by atoms with Crippen LogP contribution in [0.2, 0.25) is 0 Å². The fraction of sp³-hybridized carbons (Fsp3) is 0.636. The van der Waals surface area contributed by atoms with Crippen LogP contribution in [0.3, 0.4) is 0 Å². The second-order valence-electron chi connectivity index (χ2n) is 8.46. The number of hydrogen-bond acceptors (Lipinski definition) is 4. The summed E-state index contributed by atoms with van der Waals surface area (Å²) in [5, 5.41) is 9.63. The molecule has 3 N–H and O–H groups in total. The third-order valence-electron chi connectivity index (χ3n) is 6.62. The van der Waals surface area contributed by atoms with Crippen LogP contribution in [-0.4, -0.2) is 66.1 Å². The van der Waals surface area contributed by atoms with Gasteiger partial charge < -0.3 is 20.6 Å². The van der Waals surface area contributed by atoms with Crippen molar-refractivity contribution < 1.29 is 14.7 Å². The fourth-order valence-electron chi connectivity index (χ4n) is 4.71. The summed E-state index contributed by atoms with van der Waals surface area (Å²) in [6, 6.07) is 8.38. The summed E-state index contributed by atoms with van der Waals surface area (Å²) in [7, 11) is 2.17. The number of halogens is 1. The minimum Gasteiger partial charge on any atom is -0.481 e. The maximum Gasteiger partial charge on any atom is 0.308 e. The van der Waals surface area contributed by atoms with Crippen LogP contribution in [-0.2, 0) is 16.0 Å². The Morgan fingerprint density at radius 1 is 1.03 bits per heavy atom. The highest BCUT2D eigenvalue weighted by atomic mass is 35.5. The topological polar surface area (TPSA) is 86.9 Å². The van der Waals surface area contributed by atoms with Crippen LogP contribution >= 0.6 is 12.4 Å². The minimum absolute atomic E-state index is 0.